The van der Waals surface area contributed by atoms with E-state index in [1.165, 1.54) is 148 Å². The topological polar surface area (TPSA) is 78.9 Å². The lowest BCUT2D eigenvalue weighted by atomic mass is 10.0. The van der Waals surface area contributed by atoms with Crippen molar-refractivity contribution in [2.75, 3.05) is 13.2 Å². The minimum atomic E-state index is -0.797. The molecule has 0 bridgehead atoms. The van der Waals surface area contributed by atoms with Crippen LogP contribution in [0.4, 0.5) is 0 Å². The van der Waals surface area contributed by atoms with E-state index in [0.29, 0.717) is 19.3 Å². The van der Waals surface area contributed by atoms with Crippen LogP contribution in [0, 0.1) is 0 Å². The summed E-state index contributed by atoms with van der Waals surface area (Å²) in [6, 6.07) is 0. The van der Waals surface area contributed by atoms with Crippen molar-refractivity contribution in [3.05, 3.63) is 97.2 Å². The maximum atomic E-state index is 12.9. The summed E-state index contributed by atoms with van der Waals surface area (Å²) in [5.74, 6) is -0.912. The fourth-order valence-corrected chi connectivity index (χ4v) is 9.78. The van der Waals surface area contributed by atoms with E-state index in [1.54, 1.807) is 0 Å². The maximum Gasteiger partial charge on any atom is 0.306 e. The zero-order chi connectivity index (χ0) is 57.8. The van der Waals surface area contributed by atoms with Gasteiger partial charge in [0.1, 0.15) is 13.2 Å². The Morgan fingerprint density at radius 2 is 0.487 bits per heavy atom. The van der Waals surface area contributed by atoms with Crippen molar-refractivity contribution < 1.29 is 28.6 Å². The van der Waals surface area contributed by atoms with Gasteiger partial charge < -0.3 is 14.2 Å². The minimum Gasteiger partial charge on any atom is -0.462 e. The van der Waals surface area contributed by atoms with E-state index in [9.17, 15) is 14.4 Å². The Balaban J connectivity index is 4.34. The highest BCUT2D eigenvalue weighted by Gasteiger charge is 2.19. The van der Waals surface area contributed by atoms with Crippen LogP contribution in [0.5, 0.6) is 0 Å². The Kier molecular flexibility index (Phi) is 64.7. The highest BCUT2D eigenvalue weighted by molar-refractivity contribution is 5.71. The van der Waals surface area contributed by atoms with Gasteiger partial charge in [0.2, 0.25) is 0 Å². The van der Waals surface area contributed by atoms with Crippen LogP contribution in [-0.2, 0) is 28.6 Å². The number of carbonyl (C=O) groups is 3. The van der Waals surface area contributed by atoms with Gasteiger partial charge in [0.05, 0.1) is 0 Å². The molecule has 0 N–H and O–H groups in total. The molecule has 460 valence electrons. The van der Waals surface area contributed by atoms with E-state index in [2.05, 4.69) is 118 Å². The zero-order valence-corrected chi connectivity index (χ0v) is 52.8. The Bertz CT molecular complexity index is 1560. The van der Waals surface area contributed by atoms with Gasteiger partial charge in [-0.05, 0) is 96.3 Å². The normalized spacial score (nSPS) is 12.7. The molecule has 0 saturated carbocycles. The standard InChI is InChI=1S/C74H128O6/c1-4-7-10-13-16-19-22-25-28-30-32-34-35-36-37-38-40-41-43-46-49-52-55-58-61-64-67-73(76)79-70-71(69-78-72(75)66-63-60-57-54-51-48-45-27-24-21-18-15-12-9-6-3)80-74(77)68-65-62-59-56-53-50-47-44-42-39-33-31-29-26-23-20-17-14-11-8-5-2/h8-9,11-12,17-18,20-21,26-27,29,33,39,44-45,47,71H,4-7,10,13-16,19,22-25,28,30-32,34-38,40-43,46,48-70H2,1-3H3/b11-8-,12-9-,20-17-,21-18-,29-26-,39-33-,45-27-,47-44-. The number of esters is 3. The fourth-order valence-electron chi connectivity index (χ4n) is 9.78. The predicted molar refractivity (Wildman–Crippen MR) is 348 cm³/mol. The minimum absolute atomic E-state index is 0.0891. The second-order valence-corrected chi connectivity index (χ2v) is 22.7. The van der Waals surface area contributed by atoms with E-state index >= 15 is 0 Å². The van der Waals surface area contributed by atoms with Gasteiger partial charge in [-0.3, -0.25) is 14.4 Å². The quantitative estimate of drug-likeness (QED) is 0.0261. The van der Waals surface area contributed by atoms with Gasteiger partial charge in [0.15, 0.2) is 6.10 Å². The van der Waals surface area contributed by atoms with E-state index in [-0.39, 0.29) is 31.1 Å². The summed E-state index contributed by atoms with van der Waals surface area (Å²) >= 11 is 0. The SMILES string of the molecule is CC/C=C\C/C=C\C/C=C\C/C=C\C/C=C\CCCCCCCC(=O)OC(COC(=O)CCCCCCC/C=C\C/C=C\C/C=C\CC)COC(=O)CCCCCCCCCCCCCCCCCCCCCCCCCCCC. The Labute approximate surface area is 496 Å². The van der Waals surface area contributed by atoms with Gasteiger partial charge in [0.25, 0.3) is 0 Å². The summed E-state index contributed by atoms with van der Waals surface area (Å²) in [4.78, 5) is 38.4. The van der Waals surface area contributed by atoms with Crippen LogP contribution in [0.2, 0.25) is 0 Å². The molecule has 0 amide bonds. The Hall–Kier alpha value is -3.67. The van der Waals surface area contributed by atoms with Crippen LogP contribution in [0.1, 0.15) is 335 Å². The molecule has 0 fully saturated rings. The first kappa shape index (κ1) is 76.3. The van der Waals surface area contributed by atoms with E-state index < -0.39 is 6.10 Å². The third-order valence-electron chi connectivity index (χ3n) is 14.8. The highest BCUT2D eigenvalue weighted by atomic mass is 16.6. The maximum absolute atomic E-state index is 12.9. The van der Waals surface area contributed by atoms with Crippen LogP contribution < -0.4 is 0 Å². The van der Waals surface area contributed by atoms with Crippen molar-refractivity contribution in [1.82, 2.24) is 0 Å². The number of rotatable bonds is 62. The molecule has 0 aliphatic carbocycles. The molecule has 0 rings (SSSR count). The largest absolute Gasteiger partial charge is 0.462 e. The van der Waals surface area contributed by atoms with Crippen LogP contribution >= 0.6 is 0 Å². The summed E-state index contributed by atoms with van der Waals surface area (Å²) in [5.41, 5.74) is 0. The molecule has 0 heterocycles. The summed E-state index contributed by atoms with van der Waals surface area (Å²) in [6.07, 6.45) is 91.5. The number of ether oxygens (including phenoxy) is 3. The first-order valence-corrected chi connectivity index (χ1v) is 34.2. The monoisotopic (exact) mass is 1110 g/mol. The molecule has 0 radical (unpaired) electrons. The number of allylic oxidation sites excluding steroid dienone is 16. The smallest absolute Gasteiger partial charge is 0.306 e. The molecule has 0 aromatic rings. The summed E-state index contributed by atoms with van der Waals surface area (Å²) in [5, 5.41) is 0. The molecule has 6 heteroatoms. The molecule has 1 atom stereocenters. The van der Waals surface area contributed by atoms with Crippen molar-refractivity contribution in [2.45, 2.75) is 341 Å². The van der Waals surface area contributed by atoms with Crippen molar-refractivity contribution >= 4 is 17.9 Å². The van der Waals surface area contributed by atoms with Gasteiger partial charge in [-0.2, -0.15) is 0 Å². The lowest BCUT2D eigenvalue weighted by Crippen LogP contribution is -2.30. The molecule has 0 aromatic carbocycles. The zero-order valence-electron chi connectivity index (χ0n) is 52.8. The van der Waals surface area contributed by atoms with Crippen molar-refractivity contribution in [3.8, 4) is 0 Å². The molecule has 0 spiro atoms. The molecule has 0 aliphatic heterocycles. The average molecular weight is 1110 g/mol. The second-order valence-electron chi connectivity index (χ2n) is 22.7. The highest BCUT2D eigenvalue weighted by Crippen LogP contribution is 2.18. The number of unbranched alkanes of at least 4 members (excludes halogenated alkanes) is 35. The van der Waals surface area contributed by atoms with Gasteiger partial charge >= 0.3 is 17.9 Å². The van der Waals surface area contributed by atoms with Gasteiger partial charge in [-0.15, -0.1) is 0 Å². The van der Waals surface area contributed by atoms with Crippen LogP contribution in [-0.4, -0.2) is 37.2 Å². The summed E-state index contributed by atoms with van der Waals surface area (Å²) in [6.45, 7) is 6.43. The Morgan fingerprint density at radius 3 is 0.762 bits per heavy atom. The van der Waals surface area contributed by atoms with Gasteiger partial charge in [-0.25, -0.2) is 0 Å². The molecular formula is C74H128O6. The molecule has 0 aromatic heterocycles. The van der Waals surface area contributed by atoms with E-state index in [0.717, 1.165) is 148 Å². The Morgan fingerprint density at radius 1 is 0.263 bits per heavy atom. The number of hydrogen-bond acceptors (Lipinski definition) is 6. The third kappa shape index (κ3) is 65.1. The van der Waals surface area contributed by atoms with Crippen molar-refractivity contribution in [1.29, 1.82) is 0 Å². The van der Waals surface area contributed by atoms with Crippen LogP contribution in [0.15, 0.2) is 97.2 Å². The first-order chi connectivity index (χ1) is 39.5. The molecule has 0 aliphatic rings. The van der Waals surface area contributed by atoms with Gasteiger partial charge in [0, 0.05) is 19.3 Å². The van der Waals surface area contributed by atoms with Gasteiger partial charge in [-0.1, -0.05) is 317 Å². The molecule has 6 nitrogen and oxygen atoms in total. The van der Waals surface area contributed by atoms with E-state index in [4.69, 9.17) is 14.2 Å². The molecular weight excluding hydrogens is 985 g/mol. The van der Waals surface area contributed by atoms with Crippen molar-refractivity contribution in [2.24, 2.45) is 0 Å². The van der Waals surface area contributed by atoms with E-state index in [1.807, 2.05) is 0 Å². The summed E-state index contributed by atoms with van der Waals surface area (Å²) < 4.78 is 16.9. The van der Waals surface area contributed by atoms with Crippen LogP contribution in [0.25, 0.3) is 0 Å². The number of carbonyl (C=O) groups excluding carboxylic acids is 3. The molecule has 0 saturated heterocycles. The van der Waals surface area contributed by atoms with Crippen LogP contribution in [0.3, 0.4) is 0 Å². The second kappa shape index (κ2) is 67.8. The average Bonchev–Trinajstić information content (AvgIpc) is 3.46. The lowest BCUT2D eigenvalue weighted by molar-refractivity contribution is -0.167. The third-order valence-corrected chi connectivity index (χ3v) is 14.8. The predicted octanol–water partition coefficient (Wildman–Crippen LogP) is 23.6. The number of hydrogen-bond donors (Lipinski definition) is 0. The molecule has 1 unspecified atom stereocenters. The first-order valence-electron chi connectivity index (χ1n) is 34.2. The summed E-state index contributed by atoms with van der Waals surface area (Å²) in [7, 11) is 0. The molecule has 80 heavy (non-hydrogen) atoms. The lowest BCUT2D eigenvalue weighted by Gasteiger charge is -2.18. The fraction of sp³-hybridized carbons (Fsp3) is 0.743. The van der Waals surface area contributed by atoms with Crippen molar-refractivity contribution in [3.63, 3.8) is 0 Å².